The second-order valence-corrected chi connectivity index (χ2v) is 6.87. The maximum Gasteiger partial charge on any atom is 0.123 e. The third kappa shape index (κ3) is 3.60. The summed E-state index contributed by atoms with van der Waals surface area (Å²) in [6.07, 6.45) is 3.53. The first kappa shape index (κ1) is 16.9. The van der Waals surface area contributed by atoms with E-state index in [1.807, 2.05) is 24.4 Å². The first-order chi connectivity index (χ1) is 11.5. The molecule has 2 heterocycles. The highest BCUT2D eigenvalue weighted by Crippen LogP contribution is 2.31. The molecule has 0 radical (unpaired) electrons. The number of aromatic nitrogens is 3. The minimum absolute atomic E-state index is 0.242. The summed E-state index contributed by atoms with van der Waals surface area (Å²) in [5, 5.41) is 19.5. The van der Waals surface area contributed by atoms with Gasteiger partial charge in [0.2, 0.25) is 0 Å². The van der Waals surface area contributed by atoms with Crippen molar-refractivity contribution in [2.24, 2.45) is 0 Å². The Labute approximate surface area is 143 Å². The van der Waals surface area contributed by atoms with E-state index in [9.17, 15) is 5.11 Å². The molecule has 130 valence electrons. The molecule has 1 fully saturated rings. The summed E-state index contributed by atoms with van der Waals surface area (Å²) in [4.78, 5) is 2.27. The normalized spacial score (nSPS) is 22.0. The van der Waals surface area contributed by atoms with Gasteiger partial charge in [-0.2, -0.15) is 0 Å². The predicted molar refractivity (Wildman–Crippen MR) is 91.8 cm³/mol. The van der Waals surface area contributed by atoms with Crippen molar-refractivity contribution >= 4 is 0 Å². The fraction of sp³-hybridized carbons (Fsp3) is 0.556. The van der Waals surface area contributed by atoms with Crippen LogP contribution in [0.25, 0.3) is 0 Å². The second kappa shape index (κ2) is 6.91. The van der Waals surface area contributed by atoms with Crippen LogP contribution in [0.2, 0.25) is 0 Å². The lowest BCUT2D eigenvalue weighted by Gasteiger charge is -2.38. The third-order valence-corrected chi connectivity index (χ3v) is 4.61. The molecule has 24 heavy (non-hydrogen) atoms. The molecule has 3 rings (SSSR count). The third-order valence-electron chi connectivity index (χ3n) is 4.61. The minimum Gasteiger partial charge on any atom is -0.497 e. The van der Waals surface area contributed by atoms with Gasteiger partial charge >= 0.3 is 0 Å². The van der Waals surface area contributed by atoms with Crippen molar-refractivity contribution in [3.05, 3.63) is 41.7 Å². The number of ether oxygens (including phenoxy) is 1. The summed E-state index contributed by atoms with van der Waals surface area (Å²) in [6.45, 7) is 6.44. The summed E-state index contributed by atoms with van der Waals surface area (Å²) < 4.78 is 7.09. The number of benzene rings is 1. The summed E-state index contributed by atoms with van der Waals surface area (Å²) in [6, 6.07) is 8.32. The van der Waals surface area contributed by atoms with Gasteiger partial charge < -0.3 is 9.84 Å². The van der Waals surface area contributed by atoms with E-state index in [1.54, 1.807) is 11.8 Å². The highest BCUT2D eigenvalue weighted by Gasteiger charge is 2.37. The lowest BCUT2D eigenvalue weighted by Crippen LogP contribution is -2.45. The van der Waals surface area contributed by atoms with Crippen molar-refractivity contribution in [3.63, 3.8) is 0 Å². The Hall–Kier alpha value is -1.92. The molecule has 0 saturated carbocycles. The number of methoxy groups -OCH3 is 1. The molecule has 1 atom stereocenters. The van der Waals surface area contributed by atoms with Crippen molar-refractivity contribution < 1.29 is 9.84 Å². The molecule has 1 N–H and O–H groups in total. The lowest BCUT2D eigenvalue weighted by atomic mass is 9.89. The van der Waals surface area contributed by atoms with E-state index >= 15 is 0 Å². The van der Waals surface area contributed by atoms with E-state index in [-0.39, 0.29) is 6.04 Å². The molecule has 1 aromatic heterocycles. The lowest BCUT2D eigenvalue weighted by molar-refractivity contribution is -0.0414. The molecule has 2 aromatic rings. The van der Waals surface area contributed by atoms with Crippen LogP contribution in [0.3, 0.4) is 0 Å². The van der Waals surface area contributed by atoms with Crippen molar-refractivity contribution in [2.75, 3.05) is 20.2 Å². The minimum atomic E-state index is -0.926. The van der Waals surface area contributed by atoms with Crippen LogP contribution in [0.15, 0.2) is 30.5 Å². The summed E-state index contributed by atoms with van der Waals surface area (Å²) in [5.41, 5.74) is 0.931. The molecule has 1 aliphatic heterocycles. The topological polar surface area (TPSA) is 63.4 Å². The molecular formula is C18H26N4O2. The van der Waals surface area contributed by atoms with Crippen molar-refractivity contribution in [1.29, 1.82) is 0 Å². The van der Waals surface area contributed by atoms with Crippen LogP contribution >= 0.6 is 0 Å². The number of aliphatic hydroxyl groups is 1. The maximum absolute atomic E-state index is 11.1. The van der Waals surface area contributed by atoms with Gasteiger partial charge in [-0.3, -0.25) is 4.90 Å². The van der Waals surface area contributed by atoms with Gasteiger partial charge in [0.05, 0.1) is 13.3 Å². The molecule has 1 unspecified atom stereocenters. The fourth-order valence-electron chi connectivity index (χ4n) is 3.24. The van der Waals surface area contributed by atoms with E-state index in [1.165, 1.54) is 5.56 Å². The van der Waals surface area contributed by atoms with Gasteiger partial charge in [0, 0.05) is 19.1 Å². The fourth-order valence-corrected chi connectivity index (χ4v) is 3.24. The zero-order valence-electron chi connectivity index (χ0n) is 14.6. The van der Waals surface area contributed by atoms with Gasteiger partial charge in [0.15, 0.2) is 0 Å². The van der Waals surface area contributed by atoms with Crippen LogP contribution in [-0.4, -0.2) is 45.2 Å². The van der Waals surface area contributed by atoms with E-state index in [4.69, 9.17) is 4.74 Å². The Balaban J connectivity index is 1.72. The summed E-state index contributed by atoms with van der Waals surface area (Å²) in [7, 11) is 1.68. The zero-order chi connectivity index (χ0) is 17.2. The smallest absolute Gasteiger partial charge is 0.123 e. The number of hydrogen-bond acceptors (Lipinski definition) is 5. The van der Waals surface area contributed by atoms with E-state index in [0.29, 0.717) is 12.2 Å². The quantitative estimate of drug-likeness (QED) is 0.912. The van der Waals surface area contributed by atoms with Crippen LogP contribution in [0.5, 0.6) is 5.75 Å². The Morgan fingerprint density at radius 3 is 2.92 bits per heavy atom. The number of hydrogen-bond donors (Lipinski definition) is 1. The average molecular weight is 330 g/mol. The standard InChI is InChI=1S/C18H26N4O2/c1-14(2)22-12-17(19-20-22)18(23)8-5-9-21(13-18)11-15-6-4-7-16(10-15)24-3/h4,6-7,10,12,14,23H,5,8-9,11,13H2,1-3H3. The first-order valence-corrected chi connectivity index (χ1v) is 8.50. The van der Waals surface area contributed by atoms with Gasteiger partial charge in [-0.1, -0.05) is 17.3 Å². The monoisotopic (exact) mass is 330 g/mol. The van der Waals surface area contributed by atoms with Gasteiger partial charge in [-0.15, -0.1) is 5.10 Å². The molecule has 0 bridgehead atoms. The molecule has 0 amide bonds. The van der Waals surface area contributed by atoms with Crippen molar-refractivity contribution in [2.45, 2.75) is 44.9 Å². The Morgan fingerprint density at radius 2 is 2.21 bits per heavy atom. The molecule has 1 aromatic carbocycles. The van der Waals surface area contributed by atoms with Crippen molar-refractivity contribution in [3.8, 4) is 5.75 Å². The van der Waals surface area contributed by atoms with Gasteiger partial charge in [-0.25, -0.2) is 4.68 Å². The first-order valence-electron chi connectivity index (χ1n) is 8.50. The number of piperidine rings is 1. The largest absolute Gasteiger partial charge is 0.497 e. The number of nitrogens with zero attached hydrogens (tertiary/aromatic N) is 4. The van der Waals surface area contributed by atoms with Crippen LogP contribution in [0.1, 0.15) is 44.0 Å². The van der Waals surface area contributed by atoms with Crippen LogP contribution in [0.4, 0.5) is 0 Å². The second-order valence-electron chi connectivity index (χ2n) is 6.87. The molecule has 0 spiro atoms. The van der Waals surface area contributed by atoms with E-state index in [2.05, 4.69) is 35.1 Å². The number of likely N-dealkylation sites (tertiary alicyclic amines) is 1. The van der Waals surface area contributed by atoms with Gasteiger partial charge in [0.1, 0.15) is 17.0 Å². The molecular weight excluding hydrogens is 304 g/mol. The van der Waals surface area contributed by atoms with Crippen LogP contribution in [0, 0.1) is 0 Å². The highest BCUT2D eigenvalue weighted by atomic mass is 16.5. The molecule has 0 aliphatic carbocycles. The van der Waals surface area contributed by atoms with E-state index < -0.39 is 5.60 Å². The SMILES string of the molecule is COc1cccc(CN2CCCC(O)(c3cn(C(C)C)nn3)C2)c1. The molecule has 1 aliphatic rings. The van der Waals surface area contributed by atoms with Gasteiger partial charge in [-0.05, 0) is 50.9 Å². The van der Waals surface area contributed by atoms with Crippen molar-refractivity contribution in [1.82, 2.24) is 19.9 Å². The van der Waals surface area contributed by atoms with Crippen LogP contribution in [-0.2, 0) is 12.1 Å². The number of rotatable bonds is 5. The number of β-amino-alcohol motifs (C(OH)–C–C–N with tert-alkyl or cyclic N) is 1. The van der Waals surface area contributed by atoms with Gasteiger partial charge in [0.25, 0.3) is 0 Å². The Kier molecular flexibility index (Phi) is 4.87. The van der Waals surface area contributed by atoms with E-state index in [0.717, 1.165) is 31.7 Å². The average Bonchev–Trinajstić information content (AvgIpc) is 3.06. The zero-order valence-corrected chi connectivity index (χ0v) is 14.6. The molecule has 1 saturated heterocycles. The molecule has 6 nitrogen and oxygen atoms in total. The Morgan fingerprint density at radius 1 is 1.38 bits per heavy atom. The molecule has 6 heteroatoms. The summed E-state index contributed by atoms with van der Waals surface area (Å²) in [5.74, 6) is 0.861. The van der Waals surface area contributed by atoms with Crippen LogP contribution < -0.4 is 4.74 Å². The Bertz CT molecular complexity index is 685. The highest BCUT2D eigenvalue weighted by molar-refractivity contribution is 5.28. The predicted octanol–water partition coefficient (Wildman–Crippen LogP) is 2.35. The maximum atomic E-state index is 11.1. The summed E-state index contributed by atoms with van der Waals surface area (Å²) >= 11 is 0.